The smallest absolute Gasteiger partial charge is 0.255 e. The summed E-state index contributed by atoms with van der Waals surface area (Å²) < 4.78 is 1.31. The molecular formula is C9H13ClN2O3. The molecule has 0 aliphatic heterocycles. The lowest BCUT2D eigenvalue weighted by Crippen LogP contribution is -2.31. The maximum Gasteiger partial charge on any atom is 0.255 e. The van der Waals surface area contributed by atoms with E-state index < -0.39 is 12.7 Å². The van der Waals surface area contributed by atoms with Crippen molar-refractivity contribution in [1.82, 2.24) is 9.55 Å². The number of aryl methyl sites for hydroxylation is 1. The van der Waals surface area contributed by atoms with Gasteiger partial charge >= 0.3 is 0 Å². The zero-order chi connectivity index (χ0) is 11.4. The van der Waals surface area contributed by atoms with Crippen LogP contribution in [0.5, 0.6) is 0 Å². The van der Waals surface area contributed by atoms with E-state index in [1.54, 1.807) is 0 Å². The third-order valence-electron chi connectivity index (χ3n) is 1.98. The molecule has 2 N–H and O–H groups in total. The SMILES string of the molecule is CCc1nc(Cl)cc(=O)n1CC(O)CO. The summed E-state index contributed by atoms with van der Waals surface area (Å²) in [5, 5.41) is 18.1. The molecule has 0 aromatic carbocycles. The maximum absolute atomic E-state index is 11.5. The normalized spacial score (nSPS) is 12.8. The van der Waals surface area contributed by atoms with Crippen LogP contribution in [-0.2, 0) is 13.0 Å². The van der Waals surface area contributed by atoms with Gasteiger partial charge < -0.3 is 10.2 Å². The van der Waals surface area contributed by atoms with E-state index in [1.165, 1.54) is 10.6 Å². The molecule has 0 fully saturated rings. The van der Waals surface area contributed by atoms with Gasteiger partial charge in [-0.1, -0.05) is 18.5 Å². The van der Waals surface area contributed by atoms with Crippen LogP contribution in [0.2, 0.25) is 5.15 Å². The molecule has 1 atom stereocenters. The van der Waals surface area contributed by atoms with Crippen molar-refractivity contribution in [3.63, 3.8) is 0 Å². The van der Waals surface area contributed by atoms with E-state index in [4.69, 9.17) is 16.7 Å². The molecule has 0 aliphatic rings. The Hall–Kier alpha value is -0.910. The highest BCUT2D eigenvalue weighted by atomic mass is 35.5. The van der Waals surface area contributed by atoms with Crippen LogP contribution in [0.25, 0.3) is 0 Å². The fraction of sp³-hybridized carbons (Fsp3) is 0.556. The molecule has 0 amide bonds. The van der Waals surface area contributed by atoms with E-state index in [-0.39, 0.29) is 17.3 Å². The fourth-order valence-electron chi connectivity index (χ4n) is 1.26. The third-order valence-corrected chi connectivity index (χ3v) is 2.17. The molecule has 0 spiro atoms. The number of aromatic nitrogens is 2. The first-order chi connectivity index (χ1) is 7.08. The molecule has 1 unspecified atom stereocenters. The highest BCUT2D eigenvalue weighted by Crippen LogP contribution is 2.03. The van der Waals surface area contributed by atoms with Gasteiger partial charge in [-0.05, 0) is 0 Å². The van der Waals surface area contributed by atoms with E-state index in [0.717, 1.165) is 0 Å². The van der Waals surface area contributed by atoms with Crippen LogP contribution >= 0.6 is 11.6 Å². The van der Waals surface area contributed by atoms with E-state index in [2.05, 4.69) is 4.98 Å². The lowest BCUT2D eigenvalue weighted by atomic mass is 10.3. The summed E-state index contributed by atoms with van der Waals surface area (Å²) in [6.45, 7) is 1.47. The third kappa shape index (κ3) is 3.02. The molecular weight excluding hydrogens is 220 g/mol. The highest BCUT2D eigenvalue weighted by Gasteiger charge is 2.10. The average Bonchev–Trinajstić information content (AvgIpc) is 2.21. The Morgan fingerprint density at radius 3 is 2.87 bits per heavy atom. The van der Waals surface area contributed by atoms with Gasteiger partial charge in [0.25, 0.3) is 5.56 Å². The van der Waals surface area contributed by atoms with Crippen LogP contribution in [0.1, 0.15) is 12.7 Å². The van der Waals surface area contributed by atoms with Gasteiger partial charge in [-0.15, -0.1) is 0 Å². The lowest BCUT2D eigenvalue weighted by Gasteiger charge is -2.13. The van der Waals surface area contributed by atoms with Crippen LogP contribution in [0.15, 0.2) is 10.9 Å². The maximum atomic E-state index is 11.5. The molecule has 6 heteroatoms. The number of hydrogen-bond donors (Lipinski definition) is 2. The standard InChI is InChI=1S/C9H13ClN2O3/c1-2-8-11-7(10)3-9(15)12(8)4-6(14)5-13/h3,6,13-14H,2,4-5H2,1H3. The van der Waals surface area contributed by atoms with Crippen LogP contribution in [0, 0.1) is 0 Å². The van der Waals surface area contributed by atoms with Gasteiger partial charge in [0.15, 0.2) is 0 Å². The topological polar surface area (TPSA) is 75.4 Å². The van der Waals surface area contributed by atoms with E-state index in [0.29, 0.717) is 12.2 Å². The number of nitrogens with zero attached hydrogens (tertiary/aromatic N) is 2. The summed E-state index contributed by atoms with van der Waals surface area (Å²) in [5.41, 5.74) is -0.320. The Balaban J connectivity index is 3.10. The molecule has 1 aromatic rings. The number of aliphatic hydroxyl groups excluding tert-OH is 2. The minimum atomic E-state index is -0.962. The van der Waals surface area contributed by atoms with Gasteiger partial charge in [0.1, 0.15) is 11.0 Å². The quantitative estimate of drug-likeness (QED) is 0.706. The summed E-state index contributed by atoms with van der Waals surface area (Å²) in [7, 11) is 0. The summed E-state index contributed by atoms with van der Waals surface area (Å²) in [5.74, 6) is 0.500. The molecule has 15 heavy (non-hydrogen) atoms. The number of rotatable bonds is 4. The fourth-order valence-corrected chi connectivity index (χ4v) is 1.45. The van der Waals surface area contributed by atoms with E-state index >= 15 is 0 Å². The Kier molecular flexibility index (Phi) is 4.26. The van der Waals surface area contributed by atoms with Gasteiger partial charge in [0.05, 0.1) is 19.3 Å². The van der Waals surface area contributed by atoms with Crippen molar-refractivity contribution in [3.8, 4) is 0 Å². The molecule has 1 aromatic heterocycles. The largest absolute Gasteiger partial charge is 0.394 e. The minimum Gasteiger partial charge on any atom is -0.394 e. The van der Waals surface area contributed by atoms with E-state index in [9.17, 15) is 9.90 Å². The first-order valence-corrected chi connectivity index (χ1v) is 5.01. The van der Waals surface area contributed by atoms with Gasteiger partial charge in [-0.3, -0.25) is 9.36 Å². The van der Waals surface area contributed by atoms with Crippen LogP contribution < -0.4 is 5.56 Å². The predicted molar refractivity (Wildman–Crippen MR) is 56.0 cm³/mol. The van der Waals surface area contributed by atoms with Crippen molar-refractivity contribution in [2.45, 2.75) is 26.0 Å². The van der Waals surface area contributed by atoms with Crippen molar-refractivity contribution < 1.29 is 10.2 Å². The minimum absolute atomic E-state index is 0.0304. The van der Waals surface area contributed by atoms with Crippen molar-refractivity contribution in [2.75, 3.05) is 6.61 Å². The molecule has 84 valence electrons. The summed E-state index contributed by atoms with van der Waals surface area (Å²) in [4.78, 5) is 15.5. The zero-order valence-electron chi connectivity index (χ0n) is 8.35. The summed E-state index contributed by atoms with van der Waals surface area (Å²) in [6, 6.07) is 1.19. The highest BCUT2D eigenvalue weighted by molar-refractivity contribution is 6.29. The number of hydrogen-bond acceptors (Lipinski definition) is 4. The number of aliphatic hydroxyl groups is 2. The van der Waals surface area contributed by atoms with Crippen LogP contribution in [0.4, 0.5) is 0 Å². The molecule has 1 heterocycles. The monoisotopic (exact) mass is 232 g/mol. The van der Waals surface area contributed by atoms with Gasteiger partial charge in [0.2, 0.25) is 0 Å². The molecule has 0 saturated carbocycles. The Morgan fingerprint density at radius 2 is 2.33 bits per heavy atom. The van der Waals surface area contributed by atoms with E-state index in [1.807, 2.05) is 6.92 Å². The molecule has 0 saturated heterocycles. The zero-order valence-corrected chi connectivity index (χ0v) is 9.11. The Morgan fingerprint density at radius 1 is 1.67 bits per heavy atom. The van der Waals surface area contributed by atoms with Gasteiger partial charge in [0, 0.05) is 12.5 Å². The van der Waals surface area contributed by atoms with Crippen molar-refractivity contribution in [1.29, 1.82) is 0 Å². The molecule has 0 radical (unpaired) electrons. The average molecular weight is 233 g/mol. The molecule has 5 nitrogen and oxygen atoms in total. The summed E-state index contributed by atoms with van der Waals surface area (Å²) >= 11 is 5.63. The second-order valence-corrected chi connectivity index (χ2v) is 3.52. The second kappa shape index (κ2) is 5.25. The lowest BCUT2D eigenvalue weighted by molar-refractivity contribution is 0.0794. The Bertz CT molecular complexity index is 391. The van der Waals surface area contributed by atoms with Crippen molar-refractivity contribution in [2.24, 2.45) is 0 Å². The van der Waals surface area contributed by atoms with Gasteiger partial charge in [-0.2, -0.15) is 0 Å². The van der Waals surface area contributed by atoms with Crippen molar-refractivity contribution >= 4 is 11.6 Å². The van der Waals surface area contributed by atoms with Gasteiger partial charge in [-0.25, -0.2) is 4.98 Å². The molecule has 0 aliphatic carbocycles. The van der Waals surface area contributed by atoms with Crippen LogP contribution in [0.3, 0.4) is 0 Å². The van der Waals surface area contributed by atoms with Crippen molar-refractivity contribution in [3.05, 3.63) is 27.4 Å². The van der Waals surface area contributed by atoms with Crippen LogP contribution in [-0.4, -0.2) is 32.5 Å². The number of halogens is 1. The summed E-state index contributed by atoms with van der Waals surface area (Å²) in [6.07, 6.45) is -0.426. The first-order valence-electron chi connectivity index (χ1n) is 4.63. The molecule has 0 bridgehead atoms. The Labute approximate surface area is 92.0 Å². The second-order valence-electron chi connectivity index (χ2n) is 3.13. The predicted octanol–water partition coefficient (Wildman–Crippen LogP) is -0.188. The molecule has 1 rings (SSSR count). The first kappa shape index (κ1) is 12.2.